The summed E-state index contributed by atoms with van der Waals surface area (Å²) in [5.41, 5.74) is 2.74. The van der Waals surface area contributed by atoms with Crippen molar-refractivity contribution in [2.45, 2.75) is 25.7 Å². The van der Waals surface area contributed by atoms with Gasteiger partial charge in [0.25, 0.3) is 5.91 Å². The third kappa shape index (κ3) is 3.89. The van der Waals surface area contributed by atoms with Gasteiger partial charge in [0.15, 0.2) is 0 Å². The lowest BCUT2D eigenvalue weighted by Crippen LogP contribution is -2.50. The number of carbonyl (C=O) groups is 1. The summed E-state index contributed by atoms with van der Waals surface area (Å²) in [6, 6.07) is 9.39. The van der Waals surface area contributed by atoms with Crippen molar-refractivity contribution < 1.29 is 17.6 Å². The first-order valence-corrected chi connectivity index (χ1v) is 10.3. The van der Waals surface area contributed by atoms with Crippen LogP contribution in [0.25, 0.3) is 0 Å². The summed E-state index contributed by atoms with van der Waals surface area (Å²) in [7, 11) is -3.60. The minimum atomic E-state index is -3.60. The van der Waals surface area contributed by atoms with Gasteiger partial charge in [-0.15, -0.1) is 0 Å². The van der Waals surface area contributed by atoms with Crippen molar-refractivity contribution in [3.63, 3.8) is 0 Å². The number of amides is 1. The molecule has 1 amide bonds. The van der Waals surface area contributed by atoms with Gasteiger partial charge in [0.1, 0.15) is 5.82 Å². The highest BCUT2D eigenvalue weighted by Crippen LogP contribution is 2.23. The van der Waals surface area contributed by atoms with Crippen LogP contribution in [0.15, 0.2) is 41.3 Å². The third-order valence-electron chi connectivity index (χ3n) is 4.90. The molecule has 1 fully saturated rings. The Morgan fingerprint density at radius 1 is 0.926 bits per heavy atom. The highest BCUT2D eigenvalue weighted by atomic mass is 32.2. The van der Waals surface area contributed by atoms with Crippen molar-refractivity contribution in [1.29, 1.82) is 0 Å². The summed E-state index contributed by atoms with van der Waals surface area (Å²) in [4.78, 5) is 14.6. The van der Waals surface area contributed by atoms with Crippen LogP contribution in [0.2, 0.25) is 0 Å². The molecule has 0 aliphatic carbocycles. The van der Waals surface area contributed by atoms with Crippen molar-refractivity contribution >= 4 is 15.9 Å². The first kappa shape index (κ1) is 19.5. The van der Waals surface area contributed by atoms with E-state index in [0.29, 0.717) is 21.6 Å². The second kappa shape index (κ2) is 7.40. The van der Waals surface area contributed by atoms with Crippen LogP contribution in [0.4, 0.5) is 4.39 Å². The van der Waals surface area contributed by atoms with Crippen molar-refractivity contribution in [3.8, 4) is 0 Å². The predicted octanol–water partition coefficient (Wildman–Crippen LogP) is 2.90. The summed E-state index contributed by atoms with van der Waals surface area (Å²) in [5, 5.41) is 0. The first-order chi connectivity index (χ1) is 12.7. The highest BCUT2D eigenvalue weighted by molar-refractivity contribution is 7.89. The summed E-state index contributed by atoms with van der Waals surface area (Å²) in [6.45, 7) is 6.45. The molecule has 0 N–H and O–H groups in total. The number of rotatable bonds is 3. The van der Waals surface area contributed by atoms with Crippen LogP contribution in [0.1, 0.15) is 27.0 Å². The van der Waals surface area contributed by atoms with E-state index in [2.05, 4.69) is 0 Å². The number of hydrogen-bond donors (Lipinski definition) is 0. The predicted molar refractivity (Wildman–Crippen MR) is 102 cm³/mol. The number of benzene rings is 2. The summed E-state index contributed by atoms with van der Waals surface area (Å²) < 4.78 is 40.8. The van der Waals surface area contributed by atoms with Crippen LogP contribution in [0.3, 0.4) is 0 Å². The molecule has 1 aliphatic rings. The fourth-order valence-corrected chi connectivity index (χ4v) is 4.98. The molecular formula is C20H23FN2O3S. The summed E-state index contributed by atoms with van der Waals surface area (Å²) in [6.07, 6.45) is 0. The average molecular weight is 390 g/mol. The van der Waals surface area contributed by atoms with Gasteiger partial charge < -0.3 is 4.90 Å². The SMILES string of the molecule is Cc1ccc(S(=O)(=O)N2CCN(C(=O)c3cc(F)ccc3C)CC2)c(C)c1. The van der Waals surface area contributed by atoms with Crippen LogP contribution in [0.5, 0.6) is 0 Å². The minimum absolute atomic E-state index is 0.218. The normalized spacial score (nSPS) is 15.8. The minimum Gasteiger partial charge on any atom is -0.336 e. The molecule has 144 valence electrons. The molecule has 0 bridgehead atoms. The van der Waals surface area contributed by atoms with Crippen LogP contribution in [-0.2, 0) is 10.0 Å². The van der Waals surface area contributed by atoms with E-state index in [9.17, 15) is 17.6 Å². The Labute approximate surface area is 159 Å². The van der Waals surface area contributed by atoms with Gasteiger partial charge in [-0.05, 0) is 50.1 Å². The Kier molecular flexibility index (Phi) is 5.35. The molecule has 0 unspecified atom stereocenters. The molecule has 2 aromatic carbocycles. The Balaban J connectivity index is 1.75. The Morgan fingerprint density at radius 2 is 1.59 bits per heavy atom. The van der Waals surface area contributed by atoms with Crippen molar-refractivity contribution in [2.24, 2.45) is 0 Å². The fraction of sp³-hybridized carbons (Fsp3) is 0.350. The molecule has 0 atom stereocenters. The molecule has 2 aromatic rings. The molecule has 7 heteroatoms. The smallest absolute Gasteiger partial charge is 0.254 e. The van der Waals surface area contributed by atoms with Crippen LogP contribution in [-0.4, -0.2) is 49.7 Å². The van der Waals surface area contributed by atoms with E-state index in [4.69, 9.17) is 0 Å². The van der Waals surface area contributed by atoms with E-state index in [1.54, 1.807) is 36.9 Å². The van der Waals surface area contributed by atoms with Gasteiger partial charge in [-0.1, -0.05) is 23.8 Å². The Hall–Kier alpha value is -2.25. The van der Waals surface area contributed by atoms with Crippen molar-refractivity contribution in [3.05, 3.63) is 64.5 Å². The molecule has 0 radical (unpaired) electrons. The van der Waals surface area contributed by atoms with Crippen LogP contribution in [0, 0.1) is 26.6 Å². The molecule has 1 heterocycles. The number of hydrogen-bond acceptors (Lipinski definition) is 3. The second-order valence-electron chi connectivity index (χ2n) is 6.92. The van der Waals surface area contributed by atoms with Gasteiger partial charge in [0.05, 0.1) is 4.90 Å². The number of nitrogens with zero attached hydrogens (tertiary/aromatic N) is 2. The van der Waals surface area contributed by atoms with Gasteiger partial charge in [-0.2, -0.15) is 4.31 Å². The molecular weight excluding hydrogens is 367 g/mol. The van der Waals surface area contributed by atoms with E-state index in [1.165, 1.54) is 16.4 Å². The maximum Gasteiger partial charge on any atom is 0.254 e. The lowest BCUT2D eigenvalue weighted by Gasteiger charge is -2.34. The largest absolute Gasteiger partial charge is 0.336 e. The molecule has 0 aromatic heterocycles. The maximum absolute atomic E-state index is 13.5. The Bertz CT molecular complexity index is 981. The van der Waals surface area contributed by atoms with E-state index in [-0.39, 0.29) is 32.1 Å². The zero-order valence-corrected chi connectivity index (χ0v) is 16.5. The van der Waals surface area contributed by atoms with Crippen molar-refractivity contribution in [2.75, 3.05) is 26.2 Å². The van der Waals surface area contributed by atoms with Gasteiger partial charge in [0, 0.05) is 31.7 Å². The number of sulfonamides is 1. The second-order valence-corrected chi connectivity index (χ2v) is 8.83. The van der Waals surface area contributed by atoms with Gasteiger partial charge in [-0.25, -0.2) is 12.8 Å². The monoisotopic (exact) mass is 390 g/mol. The quantitative estimate of drug-likeness (QED) is 0.810. The lowest BCUT2D eigenvalue weighted by molar-refractivity contribution is 0.0696. The molecule has 0 saturated carbocycles. The molecule has 27 heavy (non-hydrogen) atoms. The average Bonchev–Trinajstić information content (AvgIpc) is 2.63. The third-order valence-corrected chi connectivity index (χ3v) is 6.96. The number of piperazine rings is 1. The zero-order valence-electron chi connectivity index (χ0n) is 15.7. The number of halogens is 1. The summed E-state index contributed by atoms with van der Waals surface area (Å²) >= 11 is 0. The van der Waals surface area contributed by atoms with Gasteiger partial charge >= 0.3 is 0 Å². The van der Waals surface area contributed by atoms with Crippen LogP contribution >= 0.6 is 0 Å². The number of aryl methyl sites for hydroxylation is 3. The van der Waals surface area contributed by atoms with E-state index in [0.717, 1.165) is 5.56 Å². The van der Waals surface area contributed by atoms with E-state index < -0.39 is 15.8 Å². The Morgan fingerprint density at radius 3 is 2.22 bits per heavy atom. The molecule has 5 nitrogen and oxygen atoms in total. The molecule has 3 rings (SSSR count). The molecule has 0 spiro atoms. The van der Waals surface area contributed by atoms with Crippen molar-refractivity contribution in [1.82, 2.24) is 9.21 Å². The first-order valence-electron chi connectivity index (χ1n) is 8.83. The summed E-state index contributed by atoms with van der Waals surface area (Å²) in [5.74, 6) is -0.726. The highest BCUT2D eigenvalue weighted by Gasteiger charge is 2.31. The molecule has 1 saturated heterocycles. The standard InChI is InChI=1S/C20H23FN2O3S/c1-14-4-7-19(16(3)12-14)27(25,26)23-10-8-22(9-11-23)20(24)18-13-17(21)6-5-15(18)2/h4-7,12-13H,8-11H2,1-3H3. The van der Waals surface area contributed by atoms with Gasteiger partial charge in [0.2, 0.25) is 10.0 Å². The fourth-order valence-electron chi connectivity index (χ4n) is 3.35. The molecule has 1 aliphatic heterocycles. The maximum atomic E-state index is 13.5. The van der Waals surface area contributed by atoms with E-state index in [1.807, 2.05) is 13.0 Å². The van der Waals surface area contributed by atoms with Gasteiger partial charge in [-0.3, -0.25) is 4.79 Å². The topological polar surface area (TPSA) is 57.7 Å². The number of carbonyl (C=O) groups excluding carboxylic acids is 1. The van der Waals surface area contributed by atoms with E-state index >= 15 is 0 Å². The van der Waals surface area contributed by atoms with Crippen LogP contribution < -0.4 is 0 Å². The zero-order chi connectivity index (χ0) is 19.8. The lowest BCUT2D eigenvalue weighted by atomic mass is 10.1.